The number of hydrogen-bond acceptors (Lipinski definition) is 7. The molecule has 0 aromatic heterocycles. The maximum absolute atomic E-state index is 11.9. The van der Waals surface area contributed by atoms with Crippen LogP contribution in [-0.2, 0) is 40.2 Å². The molecule has 4 rings (SSSR count). The Morgan fingerprint density at radius 1 is 0.725 bits per heavy atom. The number of rotatable bonds is 14. The summed E-state index contributed by atoms with van der Waals surface area (Å²) in [7, 11) is -17.4. The fraction of sp³-hybridized carbons (Fsp3) is 0.364. The minimum Gasteiger partial charge on any atom is -0.344 e. The van der Waals surface area contributed by atoms with E-state index < -0.39 is 46.3 Å². The fourth-order valence-corrected chi connectivity index (χ4v) is 8.59. The molecule has 2 aromatic carbocycles. The molecule has 0 unspecified atom stereocenters. The van der Waals surface area contributed by atoms with Crippen LogP contribution in [0.1, 0.15) is 51.7 Å². The van der Waals surface area contributed by atoms with Gasteiger partial charge in [0.15, 0.2) is 5.71 Å². The molecule has 2 aromatic rings. The zero-order valence-corrected chi connectivity index (χ0v) is 31.9. The largest absolute Gasteiger partial charge is 0.344 e. The van der Waals surface area contributed by atoms with Gasteiger partial charge in [0.05, 0.1) is 27.5 Å². The molecule has 18 heteroatoms. The van der Waals surface area contributed by atoms with Gasteiger partial charge in [0.1, 0.15) is 6.54 Å². The zero-order valence-electron chi connectivity index (χ0n) is 28.5. The predicted octanol–water partition coefficient (Wildman–Crippen LogP) is 5.04. The third-order valence-corrected chi connectivity index (χ3v) is 12.4. The Morgan fingerprint density at radius 2 is 1.25 bits per heavy atom. The van der Waals surface area contributed by atoms with Gasteiger partial charge in [0.2, 0.25) is 5.69 Å². The van der Waals surface area contributed by atoms with E-state index >= 15 is 0 Å². The fourth-order valence-electron chi connectivity index (χ4n) is 6.47. The monoisotopic (exact) mass is 785 g/mol. The molecule has 0 amide bonds. The van der Waals surface area contributed by atoms with Gasteiger partial charge in [0, 0.05) is 47.5 Å². The molecule has 0 fully saturated rings. The van der Waals surface area contributed by atoms with Crippen LogP contribution in [0, 0.1) is 0 Å². The van der Waals surface area contributed by atoms with E-state index in [4.69, 9.17) is 0 Å². The number of anilines is 1. The summed E-state index contributed by atoms with van der Waals surface area (Å²) in [6.07, 6.45) is 12.1. The van der Waals surface area contributed by atoms with E-state index in [0.29, 0.717) is 22.5 Å². The van der Waals surface area contributed by atoms with Gasteiger partial charge in [-0.05, 0) is 62.2 Å². The smallest absolute Gasteiger partial charge is 0.325 e. The van der Waals surface area contributed by atoms with Gasteiger partial charge in [-0.3, -0.25) is 18.2 Å². The Labute approximate surface area is 298 Å². The molecule has 51 heavy (non-hydrogen) atoms. The lowest BCUT2D eigenvalue weighted by molar-refractivity contribution is -0.437. The van der Waals surface area contributed by atoms with Crippen LogP contribution in [0.25, 0.3) is 0 Å². The van der Waals surface area contributed by atoms with Gasteiger partial charge in [-0.15, -0.1) is 0 Å². The van der Waals surface area contributed by atoms with Crippen molar-refractivity contribution in [3.8, 4) is 0 Å². The van der Waals surface area contributed by atoms with Crippen molar-refractivity contribution < 1.29 is 59.2 Å². The first-order chi connectivity index (χ1) is 23.3. The van der Waals surface area contributed by atoms with E-state index in [1.807, 2.05) is 49.3 Å². The van der Waals surface area contributed by atoms with Gasteiger partial charge in [0.25, 0.3) is 20.2 Å². The molecule has 0 spiro atoms. The van der Waals surface area contributed by atoms with Crippen molar-refractivity contribution in [1.29, 1.82) is 0 Å². The Bertz CT molecular complexity index is 2170. The van der Waals surface area contributed by atoms with Crippen LogP contribution in [0.15, 0.2) is 94.4 Å². The molecular weight excluding hydrogens is 742 g/mol. The summed E-state index contributed by atoms with van der Waals surface area (Å²) in [5, 5.41) is 0. The number of fused-ring (bicyclic) bond motifs is 2. The summed E-state index contributed by atoms with van der Waals surface area (Å²) in [6, 6.07) is 8.48. The van der Waals surface area contributed by atoms with Gasteiger partial charge in [-0.1, -0.05) is 44.2 Å². The minimum absolute atomic E-state index is 0.165. The van der Waals surface area contributed by atoms with Crippen molar-refractivity contribution in [2.45, 2.75) is 61.2 Å². The summed E-state index contributed by atoms with van der Waals surface area (Å²) >= 11 is 0. The molecule has 0 atom stereocenters. The zero-order chi connectivity index (χ0) is 38.2. The molecule has 6 N–H and O–H groups in total. The molecule has 0 saturated carbocycles. The van der Waals surface area contributed by atoms with Crippen LogP contribution < -0.4 is 4.90 Å². The Hall–Kier alpha value is -3.01. The van der Waals surface area contributed by atoms with E-state index in [-0.39, 0.29) is 48.0 Å². The van der Waals surface area contributed by atoms with Gasteiger partial charge < -0.3 is 24.5 Å². The first-order valence-electron chi connectivity index (χ1n) is 15.8. The number of benzene rings is 2. The maximum atomic E-state index is 11.9. The number of hydrogen-bond donors (Lipinski definition) is 6. The average molecular weight is 786 g/mol. The molecule has 0 bridgehead atoms. The SMILES string of the molecule is CC1(C)C(/C=C/C=C/C=C/C=C2/N(CCCP(=O)(O)O)c3ccc(S(=O)(=O)O)cc3C2(C)C)=[N+](CCCP(=O)(O)O)c2ccc(S(=O)(=O)O)cc21. The second-order valence-corrected chi connectivity index (χ2v) is 19.8. The van der Waals surface area contributed by atoms with Crippen LogP contribution in [0.4, 0.5) is 11.4 Å². The lowest BCUT2D eigenvalue weighted by Crippen LogP contribution is -2.28. The highest BCUT2D eigenvalue weighted by atomic mass is 32.2. The number of nitrogens with zero attached hydrogens (tertiary/aromatic N) is 2. The first kappa shape index (κ1) is 40.8. The quantitative estimate of drug-likeness (QED) is 0.0639. The maximum Gasteiger partial charge on any atom is 0.325 e. The highest BCUT2D eigenvalue weighted by Gasteiger charge is 2.45. The summed E-state index contributed by atoms with van der Waals surface area (Å²) in [4.78, 5) is 38.9. The predicted molar refractivity (Wildman–Crippen MR) is 194 cm³/mol. The van der Waals surface area contributed by atoms with E-state index in [1.54, 1.807) is 42.5 Å². The molecule has 2 heterocycles. The summed E-state index contributed by atoms with van der Waals surface area (Å²) in [6.45, 7) is 8.01. The normalized spacial score (nSPS) is 18.5. The van der Waals surface area contributed by atoms with Crippen molar-refractivity contribution >= 4 is 52.5 Å². The van der Waals surface area contributed by atoms with E-state index in [0.717, 1.165) is 11.4 Å². The summed E-state index contributed by atoms with van der Waals surface area (Å²) < 4.78 is 91.6. The number of allylic oxidation sites excluding steroid dienone is 8. The van der Waals surface area contributed by atoms with Crippen LogP contribution in [0.3, 0.4) is 0 Å². The molecule has 0 radical (unpaired) electrons. The van der Waals surface area contributed by atoms with Crippen LogP contribution >= 0.6 is 15.2 Å². The Balaban J connectivity index is 1.62. The molecule has 2 aliphatic heterocycles. The van der Waals surface area contributed by atoms with Gasteiger partial charge >= 0.3 is 15.2 Å². The topological polar surface area (TPSA) is 230 Å². The third-order valence-electron chi connectivity index (χ3n) is 8.94. The molecule has 278 valence electrons. The Morgan fingerprint density at radius 3 is 1.84 bits per heavy atom. The molecule has 2 aliphatic rings. The van der Waals surface area contributed by atoms with E-state index in [2.05, 4.69) is 0 Å². The standard InChI is InChI=1S/C33H42N2O12P2S2/c1-32(2)26-22-24(50(42,43)44)14-16-28(26)34(18-10-20-48(36,37)38)30(32)12-8-6-5-7-9-13-31-33(3,4)27-23-25(51(45,46)47)15-17-29(27)35(31)19-11-21-49(39,40)41/h5-9,12-17,22-23H,10-11,18-21H2,1-4H3,(H5-,36,37,38,39,40,41,42,43,44,45,46,47)/p+1. The molecule has 0 saturated heterocycles. The second kappa shape index (κ2) is 14.8. The molecule has 0 aliphatic carbocycles. The first-order valence-corrected chi connectivity index (χ1v) is 22.3. The molecule has 14 nitrogen and oxygen atoms in total. The van der Waals surface area contributed by atoms with E-state index in [1.165, 1.54) is 24.3 Å². The highest BCUT2D eigenvalue weighted by molar-refractivity contribution is 7.86. The van der Waals surface area contributed by atoms with Crippen LogP contribution in [0.2, 0.25) is 0 Å². The van der Waals surface area contributed by atoms with Gasteiger partial charge in [-0.25, -0.2) is 0 Å². The second-order valence-electron chi connectivity index (χ2n) is 13.4. The van der Waals surface area contributed by atoms with Crippen molar-refractivity contribution in [1.82, 2.24) is 0 Å². The van der Waals surface area contributed by atoms with Crippen molar-refractivity contribution in [3.63, 3.8) is 0 Å². The summed E-state index contributed by atoms with van der Waals surface area (Å²) in [5.41, 5.74) is 2.58. The molecular formula is C33H43N2O12P2S2+. The van der Waals surface area contributed by atoms with Gasteiger partial charge in [-0.2, -0.15) is 21.4 Å². The van der Waals surface area contributed by atoms with Crippen LogP contribution in [-0.4, -0.2) is 81.2 Å². The summed E-state index contributed by atoms with van der Waals surface area (Å²) in [5.74, 6) is 0. The Kier molecular flexibility index (Phi) is 11.8. The van der Waals surface area contributed by atoms with Crippen molar-refractivity contribution in [3.05, 3.63) is 95.8 Å². The highest BCUT2D eigenvalue weighted by Crippen LogP contribution is 2.49. The van der Waals surface area contributed by atoms with Crippen molar-refractivity contribution in [2.75, 3.05) is 30.3 Å². The lowest BCUT2D eigenvalue weighted by Gasteiger charge is -2.27. The minimum atomic E-state index is -4.47. The third kappa shape index (κ3) is 9.71. The average Bonchev–Trinajstić information content (AvgIpc) is 3.32. The van der Waals surface area contributed by atoms with Crippen molar-refractivity contribution in [2.24, 2.45) is 0 Å². The lowest BCUT2D eigenvalue weighted by atomic mass is 9.81. The van der Waals surface area contributed by atoms with E-state index in [9.17, 15) is 54.6 Å². The van der Waals surface area contributed by atoms with Crippen LogP contribution in [0.5, 0.6) is 0 Å².